The second-order valence-corrected chi connectivity index (χ2v) is 8.39. The molecular formula is C19H24N4O2S. The van der Waals surface area contributed by atoms with Crippen LogP contribution in [0.4, 0.5) is 4.79 Å². The van der Waals surface area contributed by atoms with E-state index in [4.69, 9.17) is 0 Å². The number of carbonyl (C=O) groups is 2. The Bertz CT molecular complexity index is 849. The number of aromatic nitrogens is 1. The molecule has 0 saturated carbocycles. The molecule has 7 heteroatoms. The molecule has 6 nitrogen and oxygen atoms in total. The predicted molar refractivity (Wildman–Crippen MR) is 104 cm³/mol. The van der Waals surface area contributed by atoms with Crippen molar-refractivity contribution in [2.75, 3.05) is 20.1 Å². The van der Waals surface area contributed by atoms with Crippen LogP contribution in [0.1, 0.15) is 30.4 Å². The molecule has 0 spiro atoms. The Balaban J connectivity index is 1.47. The zero-order valence-corrected chi connectivity index (χ0v) is 15.9. The van der Waals surface area contributed by atoms with Gasteiger partial charge in [-0.3, -0.25) is 9.52 Å². The average molecular weight is 372 g/mol. The Kier molecular flexibility index (Phi) is 4.67. The zero-order chi connectivity index (χ0) is 18.3. The van der Waals surface area contributed by atoms with Gasteiger partial charge in [-0.25, -0.2) is 4.79 Å². The van der Waals surface area contributed by atoms with Crippen molar-refractivity contribution in [3.05, 3.63) is 35.5 Å². The van der Waals surface area contributed by atoms with E-state index in [-0.39, 0.29) is 11.1 Å². The molecule has 1 saturated heterocycles. The van der Waals surface area contributed by atoms with Crippen LogP contribution in [0.3, 0.4) is 0 Å². The second kappa shape index (κ2) is 6.96. The van der Waals surface area contributed by atoms with E-state index in [2.05, 4.69) is 51.4 Å². The van der Waals surface area contributed by atoms with Crippen LogP contribution in [-0.2, 0) is 11.2 Å². The molecule has 0 unspecified atom stereocenters. The molecular weight excluding hydrogens is 348 g/mol. The number of amides is 2. The van der Waals surface area contributed by atoms with Crippen molar-refractivity contribution in [2.24, 2.45) is 5.92 Å². The Labute approximate surface area is 157 Å². The number of likely N-dealkylation sites (tertiary alicyclic amines) is 1. The molecule has 0 bridgehead atoms. The summed E-state index contributed by atoms with van der Waals surface area (Å²) in [5.74, 6) is 0.882. The van der Waals surface area contributed by atoms with Gasteiger partial charge in [-0.1, -0.05) is 12.1 Å². The summed E-state index contributed by atoms with van der Waals surface area (Å²) >= 11 is 0.820. The SMILES string of the molecule is CC(=O)SNC(=O)NC[C@@H]1C[C@@H]2c3cccc4[nH]cc(c34)C[C@H]2N(C)C1. The Morgan fingerprint density at radius 3 is 3.04 bits per heavy atom. The molecule has 2 aromatic rings. The first kappa shape index (κ1) is 17.4. The van der Waals surface area contributed by atoms with Gasteiger partial charge in [0.2, 0.25) is 5.12 Å². The first-order valence-electron chi connectivity index (χ1n) is 9.03. The van der Waals surface area contributed by atoms with Crippen LogP contribution in [0, 0.1) is 5.92 Å². The maximum absolute atomic E-state index is 11.8. The van der Waals surface area contributed by atoms with Gasteiger partial charge in [0.05, 0.1) is 0 Å². The number of hydrogen-bond acceptors (Lipinski definition) is 4. The molecule has 2 aliphatic rings. The van der Waals surface area contributed by atoms with E-state index in [9.17, 15) is 9.59 Å². The summed E-state index contributed by atoms with van der Waals surface area (Å²) in [6.45, 7) is 3.02. The molecule has 1 aromatic heterocycles. The van der Waals surface area contributed by atoms with E-state index in [0.29, 0.717) is 24.4 Å². The van der Waals surface area contributed by atoms with E-state index >= 15 is 0 Å². The summed E-state index contributed by atoms with van der Waals surface area (Å²) in [6.07, 6.45) is 4.30. The Hall–Kier alpha value is -1.99. The lowest BCUT2D eigenvalue weighted by Crippen LogP contribution is -2.50. The molecule has 3 atom stereocenters. The van der Waals surface area contributed by atoms with Crippen molar-refractivity contribution < 1.29 is 9.59 Å². The summed E-state index contributed by atoms with van der Waals surface area (Å²) in [6, 6.07) is 6.76. The van der Waals surface area contributed by atoms with Gasteiger partial charge in [0, 0.05) is 61.0 Å². The van der Waals surface area contributed by atoms with Crippen molar-refractivity contribution in [2.45, 2.75) is 31.7 Å². The number of carbonyl (C=O) groups excluding carboxylic acids is 2. The number of nitrogens with zero attached hydrogens (tertiary/aromatic N) is 1. The van der Waals surface area contributed by atoms with Gasteiger partial charge in [0.15, 0.2) is 0 Å². The summed E-state index contributed by atoms with van der Waals surface area (Å²) in [5.41, 5.74) is 4.07. The number of likely N-dealkylation sites (N-methyl/N-ethyl adjacent to an activating group) is 1. The lowest BCUT2D eigenvalue weighted by molar-refractivity contribution is -0.109. The van der Waals surface area contributed by atoms with Crippen LogP contribution >= 0.6 is 11.9 Å². The van der Waals surface area contributed by atoms with Crippen LogP contribution in [0.15, 0.2) is 24.4 Å². The normalized spacial score (nSPS) is 24.9. The third-order valence-electron chi connectivity index (χ3n) is 5.65. The standard InChI is InChI=1S/C19H24N4O2S/c1-11(24)26-22-19(25)21-8-12-6-15-14-4-3-5-16-18(14)13(9-20-16)7-17(15)23(2)10-12/h3-5,9,12,15,17,20H,6-8,10H2,1-2H3,(H2,21,22,25)/t12-,15+,17+/m0/s1. The Morgan fingerprint density at radius 1 is 1.38 bits per heavy atom. The average Bonchev–Trinajstić information content (AvgIpc) is 3.04. The van der Waals surface area contributed by atoms with Crippen LogP contribution in [0.2, 0.25) is 0 Å². The fraction of sp³-hybridized carbons (Fsp3) is 0.474. The minimum absolute atomic E-state index is 0.127. The maximum Gasteiger partial charge on any atom is 0.325 e. The van der Waals surface area contributed by atoms with Crippen LogP contribution in [0.5, 0.6) is 0 Å². The first-order valence-corrected chi connectivity index (χ1v) is 9.85. The lowest BCUT2D eigenvalue weighted by Gasteiger charge is -2.45. The molecule has 2 amide bonds. The van der Waals surface area contributed by atoms with Crippen LogP contribution in [-0.4, -0.2) is 47.2 Å². The van der Waals surface area contributed by atoms with Gasteiger partial charge in [0.1, 0.15) is 0 Å². The smallest absolute Gasteiger partial charge is 0.325 e. The third kappa shape index (κ3) is 3.21. The number of urea groups is 1. The minimum Gasteiger partial charge on any atom is -0.361 e. The van der Waals surface area contributed by atoms with Gasteiger partial charge < -0.3 is 15.2 Å². The molecule has 138 valence electrons. The molecule has 2 heterocycles. The molecule has 3 N–H and O–H groups in total. The van der Waals surface area contributed by atoms with Gasteiger partial charge in [-0.15, -0.1) is 0 Å². The van der Waals surface area contributed by atoms with Gasteiger partial charge in [0.25, 0.3) is 0 Å². The van der Waals surface area contributed by atoms with E-state index in [1.54, 1.807) is 0 Å². The highest BCUT2D eigenvalue weighted by Gasteiger charge is 2.39. The topological polar surface area (TPSA) is 77.2 Å². The largest absolute Gasteiger partial charge is 0.361 e. The third-order valence-corrected chi connectivity index (χ3v) is 6.23. The number of benzene rings is 1. The summed E-state index contributed by atoms with van der Waals surface area (Å²) in [5, 5.41) is 4.17. The van der Waals surface area contributed by atoms with Crippen LogP contribution in [0.25, 0.3) is 10.9 Å². The number of aromatic amines is 1. The highest BCUT2D eigenvalue weighted by atomic mass is 32.2. The van der Waals surface area contributed by atoms with E-state index in [1.165, 1.54) is 29.0 Å². The molecule has 1 fully saturated rings. The van der Waals surface area contributed by atoms with Crippen molar-refractivity contribution >= 4 is 34.0 Å². The number of piperidine rings is 1. The summed E-state index contributed by atoms with van der Waals surface area (Å²) in [7, 11) is 2.19. The Morgan fingerprint density at radius 2 is 2.23 bits per heavy atom. The zero-order valence-electron chi connectivity index (χ0n) is 15.0. The van der Waals surface area contributed by atoms with Crippen molar-refractivity contribution in [1.82, 2.24) is 19.9 Å². The fourth-order valence-electron chi connectivity index (χ4n) is 4.59. The number of hydrogen-bond donors (Lipinski definition) is 3. The maximum atomic E-state index is 11.8. The molecule has 26 heavy (non-hydrogen) atoms. The first-order chi connectivity index (χ1) is 12.5. The van der Waals surface area contributed by atoms with E-state index < -0.39 is 0 Å². The number of rotatable bonds is 2. The summed E-state index contributed by atoms with van der Waals surface area (Å²) < 4.78 is 2.51. The number of H-pyrrole nitrogens is 1. The molecule has 1 aliphatic heterocycles. The van der Waals surface area contributed by atoms with Crippen LogP contribution < -0.4 is 10.0 Å². The predicted octanol–water partition coefficient (Wildman–Crippen LogP) is 2.62. The van der Waals surface area contributed by atoms with Crippen molar-refractivity contribution in [3.8, 4) is 0 Å². The quantitative estimate of drug-likeness (QED) is 0.708. The minimum atomic E-state index is -0.298. The second-order valence-electron chi connectivity index (χ2n) is 7.41. The number of fused-ring (bicyclic) bond motifs is 2. The number of nitrogens with one attached hydrogen (secondary N) is 3. The van der Waals surface area contributed by atoms with Gasteiger partial charge in [-0.05, 0) is 43.0 Å². The molecule has 0 radical (unpaired) electrons. The molecule has 4 rings (SSSR count). The summed E-state index contributed by atoms with van der Waals surface area (Å²) in [4.78, 5) is 28.6. The molecule has 1 aliphatic carbocycles. The van der Waals surface area contributed by atoms with Gasteiger partial charge >= 0.3 is 6.03 Å². The van der Waals surface area contributed by atoms with Crippen molar-refractivity contribution in [1.29, 1.82) is 0 Å². The highest BCUT2D eigenvalue weighted by molar-refractivity contribution is 8.12. The fourth-order valence-corrected chi connectivity index (χ4v) is 4.90. The van der Waals surface area contributed by atoms with E-state index in [0.717, 1.165) is 31.3 Å². The van der Waals surface area contributed by atoms with E-state index in [1.807, 2.05) is 0 Å². The molecule has 1 aromatic carbocycles. The monoisotopic (exact) mass is 372 g/mol. The lowest BCUT2D eigenvalue weighted by atomic mass is 9.72. The van der Waals surface area contributed by atoms with Gasteiger partial charge in [-0.2, -0.15) is 0 Å². The van der Waals surface area contributed by atoms with Crippen molar-refractivity contribution in [3.63, 3.8) is 0 Å². The highest BCUT2D eigenvalue weighted by Crippen LogP contribution is 2.44.